The second-order valence-corrected chi connectivity index (χ2v) is 6.14. The minimum Gasteiger partial charge on any atom is -0.370 e. The van der Waals surface area contributed by atoms with E-state index in [1.165, 1.54) is 0 Å². The lowest BCUT2D eigenvalue weighted by Crippen LogP contribution is -2.34. The number of hydrogen-bond donors (Lipinski definition) is 2. The van der Waals surface area contributed by atoms with Gasteiger partial charge < -0.3 is 15.5 Å². The Morgan fingerprint density at radius 2 is 2.00 bits per heavy atom. The van der Waals surface area contributed by atoms with Gasteiger partial charge >= 0.3 is 0 Å². The number of hydrogen-bond acceptors (Lipinski definition) is 5. The summed E-state index contributed by atoms with van der Waals surface area (Å²) in [7, 11) is 3.48. The predicted molar refractivity (Wildman–Crippen MR) is 86.8 cm³/mol. The number of carbonyl (C=O) groups is 1. The maximum atomic E-state index is 11.5. The lowest BCUT2D eigenvalue weighted by Gasteiger charge is -2.23. The number of nitrogens with zero attached hydrogens (tertiary/aromatic N) is 3. The average molecular weight is 293 g/mol. The summed E-state index contributed by atoms with van der Waals surface area (Å²) >= 11 is 0. The van der Waals surface area contributed by atoms with Crippen molar-refractivity contribution in [2.45, 2.75) is 39.5 Å². The summed E-state index contributed by atoms with van der Waals surface area (Å²) in [4.78, 5) is 22.5. The van der Waals surface area contributed by atoms with Crippen LogP contribution in [0.2, 0.25) is 0 Å². The number of nitrogens with one attached hydrogen (secondary N) is 2. The zero-order valence-electron chi connectivity index (χ0n) is 13.9. The molecule has 0 unspecified atom stereocenters. The summed E-state index contributed by atoms with van der Waals surface area (Å²) in [6.45, 7) is 9.47. The third-order valence-corrected chi connectivity index (χ3v) is 2.99. The van der Waals surface area contributed by atoms with E-state index in [0.29, 0.717) is 0 Å². The molecule has 21 heavy (non-hydrogen) atoms. The van der Waals surface area contributed by atoms with Crippen LogP contribution in [0, 0.1) is 0 Å². The summed E-state index contributed by atoms with van der Waals surface area (Å²) < 4.78 is 0. The molecule has 0 aliphatic rings. The first-order valence-corrected chi connectivity index (χ1v) is 7.33. The van der Waals surface area contributed by atoms with Gasteiger partial charge in [0.1, 0.15) is 17.5 Å². The van der Waals surface area contributed by atoms with E-state index in [9.17, 15) is 4.79 Å². The first-order valence-electron chi connectivity index (χ1n) is 7.33. The van der Waals surface area contributed by atoms with Crippen LogP contribution >= 0.6 is 0 Å². The maximum absolute atomic E-state index is 11.5. The monoisotopic (exact) mass is 293 g/mol. The van der Waals surface area contributed by atoms with Crippen LogP contribution < -0.4 is 15.5 Å². The van der Waals surface area contributed by atoms with Crippen LogP contribution in [-0.4, -0.2) is 43.1 Å². The van der Waals surface area contributed by atoms with Gasteiger partial charge in [0, 0.05) is 32.1 Å². The van der Waals surface area contributed by atoms with Crippen LogP contribution in [0.3, 0.4) is 0 Å². The van der Waals surface area contributed by atoms with E-state index in [0.717, 1.165) is 30.4 Å². The molecule has 0 aliphatic carbocycles. The molecule has 0 radical (unpaired) electrons. The molecule has 0 saturated carbocycles. The predicted octanol–water partition coefficient (Wildman–Crippen LogP) is 1.78. The van der Waals surface area contributed by atoms with Gasteiger partial charge in [-0.15, -0.1) is 0 Å². The molecule has 0 aromatic carbocycles. The highest BCUT2D eigenvalue weighted by Crippen LogP contribution is 2.23. The van der Waals surface area contributed by atoms with E-state index in [1.54, 1.807) is 7.05 Å². The van der Waals surface area contributed by atoms with E-state index in [1.807, 2.05) is 18.0 Å². The van der Waals surface area contributed by atoms with Crippen LogP contribution in [-0.2, 0) is 10.2 Å². The molecule has 0 bridgehead atoms. The molecule has 0 aliphatic heterocycles. The molecular formula is C15H27N5O. The van der Waals surface area contributed by atoms with Crippen molar-refractivity contribution in [2.24, 2.45) is 0 Å². The van der Waals surface area contributed by atoms with Gasteiger partial charge in [-0.2, -0.15) is 0 Å². The van der Waals surface area contributed by atoms with Crippen molar-refractivity contribution in [1.29, 1.82) is 0 Å². The number of likely N-dealkylation sites (N-methyl/N-ethyl adjacent to an activating group) is 2. The van der Waals surface area contributed by atoms with Gasteiger partial charge in [-0.25, -0.2) is 9.97 Å². The fraction of sp³-hybridized carbons (Fsp3) is 0.667. The van der Waals surface area contributed by atoms with Gasteiger partial charge in [0.25, 0.3) is 0 Å². The smallest absolute Gasteiger partial charge is 0.239 e. The van der Waals surface area contributed by atoms with Crippen LogP contribution in [0.4, 0.5) is 11.6 Å². The molecule has 1 rings (SSSR count). The summed E-state index contributed by atoms with van der Waals surface area (Å²) in [5, 5.41) is 5.91. The van der Waals surface area contributed by atoms with Gasteiger partial charge in [-0.05, 0) is 6.42 Å². The molecule has 1 aromatic heterocycles. The molecule has 0 fully saturated rings. The van der Waals surface area contributed by atoms with Crippen LogP contribution in [0.5, 0.6) is 0 Å². The highest BCUT2D eigenvalue weighted by molar-refractivity contribution is 5.80. The Hall–Kier alpha value is -1.85. The topological polar surface area (TPSA) is 70.2 Å². The molecule has 0 spiro atoms. The first-order chi connectivity index (χ1) is 9.77. The fourth-order valence-corrected chi connectivity index (χ4v) is 1.68. The van der Waals surface area contributed by atoms with E-state index in [-0.39, 0.29) is 17.9 Å². The Balaban J connectivity index is 3.09. The van der Waals surface area contributed by atoms with Gasteiger partial charge in [-0.3, -0.25) is 4.79 Å². The van der Waals surface area contributed by atoms with Crippen LogP contribution in [0.1, 0.15) is 39.9 Å². The molecule has 0 atom stereocenters. The normalized spacial score (nSPS) is 11.1. The molecule has 1 amide bonds. The maximum Gasteiger partial charge on any atom is 0.239 e. The fourth-order valence-electron chi connectivity index (χ4n) is 1.68. The van der Waals surface area contributed by atoms with Crippen molar-refractivity contribution in [3.8, 4) is 0 Å². The van der Waals surface area contributed by atoms with Crippen molar-refractivity contribution < 1.29 is 4.79 Å². The number of rotatable bonds is 6. The highest BCUT2D eigenvalue weighted by atomic mass is 16.1. The first kappa shape index (κ1) is 17.2. The molecule has 2 N–H and O–H groups in total. The molecule has 118 valence electrons. The molecule has 1 aromatic rings. The summed E-state index contributed by atoms with van der Waals surface area (Å²) in [5.41, 5.74) is -0.146. The van der Waals surface area contributed by atoms with Crippen molar-refractivity contribution in [2.75, 3.05) is 37.4 Å². The van der Waals surface area contributed by atoms with Crippen molar-refractivity contribution in [3.63, 3.8) is 0 Å². The molecule has 6 nitrogen and oxygen atoms in total. The van der Waals surface area contributed by atoms with Crippen LogP contribution in [0.25, 0.3) is 0 Å². The quantitative estimate of drug-likeness (QED) is 0.836. The molecule has 6 heteroatoms. The van der Waals surface area contributed by atoms with Crippen molar-refractivity contribution in [1.82, 2.24) is 15.3 Å². The van der Waals surface area contributed by atoms with E-state index < -0.39 is 0 Å². The third-order valence-electron chi connectivity index (χ3n) is 2.99. The summed E-state index contributed by atoms with van der Waals surface area (Å²) in [6.07, 6.45) is 1.03. The van der Waals surface area contributed by atoms with E-state index >= 15 is 0 Å². The number of aromatic nitrogens is 2. The number of carbonyl (C=O) groups excluding carboxylic acids is 1. The third kappa shape index (κ3) is 5.21. The Bertz CT molecular complexity index is 481. The van der Waals surface area contributed by atoms with Gasteiger partial charge in [0.15, 0.2) is 0 Å². The van der Waals surface area contributed by atoms with E-state index in [2.05, 4.69) is 48.3 Å². The largest absolute Gasteiger partial charge is 0.370 e. The van der Waals surface area contributed by atoms with E-state index in [4.69, 9.17) is 0 Å². The van der Waals surface area contributed by atoms with Gasteiger partial charge in [0.2, 0.25) is 5.91 Å². The summed E-state index contributed by atoms with van der Waals surface area (Å²) in [6, 6.07) is 1.88. The zero-order valence-corrected chi connectivity index (χ0v) is 13.9. The number of amides is 1. The van der Waals surface area contributed by atoms with Crippen molar-refractivity contribution >= 4 is 17.5 Å². The lowest BCUT2D eigenvalue weighted by atomic mass is 9.96. The minimum atomic E-state index is -0.146. The number of anilines is 2. The Kier molecular flexibility index (Phi) is 5.93. The lowest BCUT2D eigenvalue weighted by molar-refractivity contribution is -0.119. The second-order valence-electron chi connectivity index (χ2n) is 6.14. The molecule has 0 saturated heterocycles. The highest BCUT2D eigenvalue weighted by Gasteiger charge is 2.20. The minimum absolute atomic E-state index is 0.0449. The second kappa shape index (κ2) is 7.24. The van der Waals surface area contributed by atoms with Crippen molar-refractivity contribution in [3.05, 3.63) is 11.9 Å². The zero-order chi connectivity index (χ0) is 16.0. The van der Waals surface area contributed by atoms with Crippen LogP contribution in [0.15, 0.2) is 6.07 Å². The Morgan fingerprint density at radius 3 is 2.52 bits per heavy atom. The average Bonchev–Trinajstić information content (AvgIpc) is 2.43. The van der Waals surface area contributed by atoms with Gasteiger partial charge in [-0.1, -0.05) is 27.7 Å². The Morgan fingerprint density at radius 1 is 1.33 bits per heavy atom. The Labute approximate surface area is 127 Å². The standard InChI is InChI=1S/C15H27N5O/c1-7-8-17-11-9-12(20(6)10-13(21)16-5)19-14(18-11)15(2,3)4/h9H,7-8,10H2,1-6H3,(H,16,21)(H,17,18,19). The molecule has 1 heterocycles. The SMILES string of the molecule is CCCNc1cc(N(C)CC(=O)NC)nc(C(C)(C)C)n1. The van der Waals surface area contributed by atoms with Gasteiger partial charge in [0.05, 0.1) is 6.54 Å². The summed E-state index contributed by atoms with van der Waals surface area (Å²) in [5.74, 6) is 2.27. The molecular weight excluding hydrogens is 266 g/mol.